The molecule has 1 aromatic heterocycles. The van der Waals surface area contributed by atoms with E-state index in [4.69, 9.17) is 15.3 Å². The van der Waals surface area contributed by atoms with Gasteiger partial charge in [-0.15, -0.1) is 0 Å². The molecule has 0 saturated heterocycles. The Hall–Kier alpha value is -2.89. The lowest BCUT2D eigenvalue weighted by Gasteiger charge is -2.02. The smallest absolute Gasteiger partial charge is 0.365 e. The Morgan fingerprint density at radius 3 is 2.75 bits per heavy atom. The lowest BCUT2D eigenvalue weighted by Crippen LogP contribution is -2.17. The summed E-state index contributed by atoms with van der Waals surface area (Å²) >= 11 is 0. The van der Waals surface area contributed by atoms with Gasteiger partial charge >= 0.3 is 5.97 Å². The van der Waals surface area contributed by atoms with Crippen molar-refractivity contribution in [2.24, 2.45) is 10.9 Å². The van der Waals surface area contributed by atoms with E-state index in [0.717, 1.165) is 0 Å². The van der Waals surface area contributed by atoms with E-state index in [1.165, 1.54) is 7.11 Å². The molecule has 0 saturated carbocycles. The fraction of sp³-hybridized carbons (Fsp3) is 0.0714. The van der Waals surface area contributed by atoms with Crippen LogP contribution in [0.2, 0.25) is 0 Å². The van der Waals surface area contributed by atoms with Gasteiger partial charge in [0.25, 0.3) is 0 Å². The maximum Gasteiger partial charge on any atom is 0.365 e. The van der Waals surface area contributed by atoms with Crippen molar-refractivity contribution in [2.75, 3.05) is 7.11 Å². The highest BCUT2D eigenvalue weighted by Gasteiger charge is 2.09. The Bertz CT molecular complexity index is 627. The fourth-order valence-electron chi connectivity index (χ4n) is 1.50. The van der Waals surface area contributed by atoms with Crippen LogP contribution < -0.4 is 15.5 Å². The summed E-state index contributed by atoms with van der Waals surface area (Å²) in [7, 11) is 1.52. The van der Waals surface area contributed by atoms with Crippen LogP contribution in [0.3, 0.4) is 0 Å². The SMILES string of the molecule is COc1cccc(C(=O)ON=C(N)c2ccc[nH+]c2)c1. The van der Waals surface area contributed by atoms with E-state index >= 15 is 0 Å². The fourth-order valence-corrected chi connectivity index (χ4v) is 1.50. The number of nitrogens with one attached hydrogen (secondary N) is 1. The third kappa shape index (κ3) is 3.32. The minimum atomic E-state index is -0.605. The number of H-pyrrole nitrogens is 1. The van der Waals surface area contributed by atoms with Gasteiger partial charge < -0.3 is 15.3 Å². The first-order valence-electron chi connectivity index (χ1n) is 5.86. The topological polar surface area (TPSA) is 88.0 Å². The molecule has 0 radical (unpaired) electrons. The van der Waals surface area contributed by atoms with Crippen molar-refractivity contribution >= 4 is 11.8 Å². The van der Waals surface area contributed by atoms with Crippen LogP contribution >= 0.6 is 0 Å². The van der Waals surface area contributed by atoms with Crippen LogP contribution in [0.5, 0.6) is 5.75 Å². The maximum atomic E-state index is 11.8. The molecule has 2 aromatic rings. The molecule has 0 aliphatic heterocycles. The van der Waals surface area contributed by atoms with Crippen LogP contribution in [-0.4, -0.2) is 18.9 Å². The quantitative estimate of drug-likeness (QED) is 0.389. The van der Waals surface area contributed by atoms with E-state index in [2.05, 4.69) is 10.1 Å². The van der Waals surface area contributed by atoms with E-state index in [1.807, 2.05) is 0 Å². The van der Waals surface area contributed by atoms with Crippen molar-refractivity contribution in [3.8, 4) is 5.75 Å². The number of benzene rings is 1. The van der Waals surface area contributed by atoms with Crippen LogP contribution in [0.4, 0.5) is 0 Å². The van der Waals surface area contributed by atoms with Crippen molar-refractivity contribution in [3.63, 3.8) is 0 Å². The lowest BCUT2D eigenvalue weighted by atomic mass is 10.2. The molecule has 6 nitrogen and oxygen atoms in total. The summed E-state index contributed by atoms with van der Waals surface area (Å²) in [5, 5.41) is 3.61. The van der Waals surface area contributed by atoms with Crippen molar-refractivity contribution < 1.29 is 19.4 Å². The normalized spacial score (nSPS) is 10.9. The standard InChI is InChI=1S/C14H13N3O3/c1-19-12-6-2-4-10(8-12)14(18)20-17-13(15)11-5-3-7-16-9-11/h2-9H,1H3,(H2,15,17)/p+1. The highest BCUT2D eigenvalue weighted by atomic mass is 16.7. The second kappa shape index (κ2) is 6.33. The Morgan fingerprint density at radius 1 is 1.25 bits per heavy atom. The number of nitrogens with zero attached hydrogens (tertiary/aromatic N) is 1. The first-order valence-corrected chi connectivity index (χ1v) is 5.86. The van der Waals surface area contributed by atoms with Gasteiger partial charge in [-0.3, -0.25) is 0 Å². The number of hydrogen-bond acceptors (Lipinski definition) is 4. The van der Waals surface area contributed by atoms with Crippen molar-refractivity contribution in [1.82, 2.24) is 0 Å². The third-order valence-electron chi connectivity index (χ3n) is 2.54. The summed E-state index contributed by atoms with van der Waals surface area (Å²) in [5.41, 5.74) is 6.67. The zero-order valence-electron chi connectivity index (χ0n) is 10.9. The van der Waals surface area contributed by atoms with Gasteiger partial charge in [0.15, 0.2) is 18.2 Å². The Kier molecular flexibility index (Phi) is 4.28. The average molecular weight is 272 g/mol. The Labute approximate surface area is 115 Å². The Morgan fingerprint density at radius 2 is 2.05 bits per heavy atom. The summed E-state index contributed by atoms with van der Waals surface area (Å²) in [6.07, 6.45) is 3.39. The summed E-state index contributed by atoms with van der Waals surface area (Å²) in [6, 6.07) is 10.1. The van der Waals surface area contributed by atoms with Crippen molar-refractivity contribution in [1.29, 1.82) is 0 Å². The minimum absolute atomic E-state index is 0.109. The van der Waals surface area contributed by atoms with Crippen LogP contribution in [0, 0.1) is 0 Å². The molecular formula is C14H14N3O3+. The van der Waals surface area contributed by atoms with E-state index in [-0.39, 0.29) is 5.84 Å². The molecule has 20 heavy (non-hydrogen) atoms. The van der Waals surface area contributed by atoms with Gasteiger partial charge in [0.05, 0.1) is 18.2 Å². The van der Waals surface area contributed by atoms with E-state index in [9.17, 15) is 4.79 Å². The number of hydrogen-bond donors (Lipinski definition) is 1. The van der Waals surface area contributed by atoms with E-state index < -0.39 is 5.97 Å². The largest absolute Gasteiger partial charge is 0.497 e. The van der Waals surface area contributed by atoms with Crippen LogP contribution in [-0.2, 0) is 4.84 Å². The van der Waals surface area contributed by atoms with Gasteiger partial charge in [-0.2, -0.15) is 0 Å². The number of methoxy groups -OCH3 is 1. The number of oxime groups is 1. The second-order valence-corrected chi connectivity index (χ2v) is 3.88. The number of pyridine rings is 1. The molecule has 6 heteroatoms. The number of carbonyl (C=O) groups is 1. The van der Waals surface area contributed by atoms with Gasteiger partial charge in [0.1, 0.15) is 5.75 Å². The van der Waals surface area contributed by atoms with E-state index in [0.29, 0.717) is 16.9 Å². The predicted molar refractivity (Wildman–Crippen MR) is 72.1 cm³/mol. The third-order valence-corrected chi connectivity index (χ3v) is 2.54. The first-order chi connectivity index (χ1) is 9.70. The van der Waals surface area contributed by atoms with Gasteiger partial charge in [-0.1, -0.05) is 11.2 Å². The molecule has 102 valence electrons. The molecule has 0 amide bonds. The van der Waals surface area contributed by atoms with Gasteiger partial charge in [-0.05, 0) is 24.3 Å². The molecule has 2 rings (SSSR count). The molecule has 0 spiro atoms. The summed E-state index contributed by atoms with van der Waals surface area (Å²) < 4.78 is 5.03. The van der Waals surface area contributed by atoms with Crippen molar-refractivity contribution in [2.45, 2.75) is 0 Å². The highest BCUT2D eigenvalue weighted by Crippen LogP contribution is 2.13. The van der Waals surface area contributed by atoms with Crippen LogP contribution in [0.25, 0.3) is 0 Å². The Balaban J connectivity index is 2.08. The molecule has 0 bridgehead atoms. The zero-order valence-corrected chi connectivity index (χ0v) is 10.9. The monoisotopic (exact) mass is 272 g/mol. The number of rotatable bonds is 4. The number of amidine groups is 1. The second-order valence-electron chi connectivity index (χ2n) is 3.88. The molecular weight excluding hydrogens is 258 g/mol. The zero-order chi connectivity index (χ0) is 14.4. The van der Waals surface area contributed by atoms with Crippen molar-refractivity contribution in [3.05, 3.63) is 59.9 Å². The minimum Gasteiger partial charge on any atom is -0.497 e. The van der Waals surface area contributed by atoms with Gasteiger partial charge in [-0.25, -0.2) is 9.78 Å². The number of carbonyl (C=O) groups excluding carboxylic acids is 1. The molecule has 0 unspecified atom stereocenters. The molecule has 3 N–H and O–H groups in total. The number of aromatic nitrogens is 1. The molecule has 0 aliphatic rings. The summed E-state index contributed by atoms with van der Waals surface area (Å²) in [5.74, 6) is 0.0684. The molecule has 0 atom stereocenters. The van der Waals surface area contributed by atoms with Crippen LogP contribution in [0.15, 0.2) is 53.9 Å². The summed E-state index contributed by atoms with van der Waals surface area (Å²) in [6.45, 7) is 0. The summed E-state index contributed by atoms with van der Waals surface area (Å²) in [4.78, 5) is 19.5. The average Bonchev–Trinajstić information content (AvgIpc) is 2.53. The number of nitrogens with two attached hydrogens (primary N) is 1. The molecule has 1 heterocycles. The van der Waals surface area contributed by atoms with Gasteiger partial charge in [0, 0.05) is 6.07 Å². The predicted octanol–water partition coefficient (Wildman–Crippen LogP) is 0.987. The maximum absolute atomic E-state index is 11.8. The number of aromatic amines is 1. The molecule has 1 aromatic carbocycles. The van der Waals surface area contributed by atoms with Crippen LogP contribution in [0.1, 0.15) is 15.9 Å². The van der Waals surface area contributed by atoms with E-state index in [1.54, 1.807) is 48.8 Å². The first kappa shape index (κ1) is 13.5. The number of ether oxygens (including phenoxy) is 1. The highest BCUT2D eigenvalue weighted by molar-refractivity contribution is 5.97. The molecule has 0 fully saturated rings. The molecule has 0 aliphatic carbocycles. The van der Waals surface area contributed by atoms with Gasteiger partial charge in [0.2, 0.25) is 0 Å². The lowest BCUT2D eigenvalue weighted by molar-refractivity contribution is -0.378.